The summed E-state index contributed by atoms with van der Waals surface area (Å²) < 4.78 is 10.2. The minimum atomic E-state index is -0.484. The Morgan fingerprint density at radius 2 is 1.62 bits per heavy atom. The molecular weight excluding hydrogens is 332 g/mol. The predicted octanol–water partition coefficient (Wildman–Crippen LogP) is 3.30. The number of ether oxygens (including phenoxy) is 2. The standard InChI is InChI=1S/C20H30N2O4/c1-14-11-21(19(24)26-20(3,4)5)12-15(2)22(14)13-16-7-9-17(10-8-16)18(23)25-6/h7-10,14-15H,11-13H2,1-6H3/t14-,15+. The lowest BCUT2D eigenvalue weighted by Gasteiger charge is -2.44. The lowest BCUT2D eigenvalue weighted by Crippen LogP contribution is -2.58. The number of carbonyl (C=O) groups is 2. The Kier molecular flexibility index (Phi) is 6.29. The third-order valence-electron chi connectivity index (χ3n) is 4.49. The quantitative estimate of drug-likeness (QED) is 0.772. The fourth-order valence-corrected chi connectivity index (χ4v) is 3.22. The van der Waals surface area contributed by atoms with Crippen LogP contribution in [0.3, 0.4) is 0 Å². The molecule has 0 aromatic heterocycles. The van der Waals surface area contributed by atoms with Crippen molar-refractivity contribution < 1.29 is 19.1 Å². The molecule has 2 atom stereocenters. The first kappa shape index (κ1) is 20.2. The molecule has 1 aromatic rings. The third-order valence-corrected chi connectivity index (χ3v) is 4.49. The van der Waals surface area contributed by atoms with Crippen molar-refractivity contribution in [1.82, 2.24) is 9.80 Å². The highest BCUT2D eigenvalue weighted by Crippen LogP contribution is 2.21. The van der Waals surface area contributed by atoms with Crippen molar-refractivity contribution in [2.24, 2.45) is 0 Å². The highest BCUT2D eigenvalue weighted by molar-refractivity contribution is 5.89. The Morgan fingerprint density at radius 1 is 1.08 bits per heavy atom. The van der Waals surface area contributed by atoms with E-state index in [1.165, 1.54) is 7.11 Å². The van der Waals surface area contributed by atoms with Crippen LogP contribution in [0.2, 0.25) is 0 Å². The molecule has 1 saturated heterocycles. The molecule has 0 radical (unpaired) electrons. The maximum absolute atomic E-state index is 12.3. The molecule has 1 amide bonds. The number of methoxy groups -OCH3 is 1. The van der Waals surface area contributed by atoms with Gasteiger partial charge in [0.1, 0.15) is 5.60 Å². The molecule has 6 heteroatoms. The fraction of sp³-hybridized carbons (Fsp3) is 0.600. The van der Waals surface area contributed by atoms with Gasteiger partial charge in [-0.05, 0) is 52.3 Å². The summed E-state index contributed by atoms with van der Waals surface area (Å²) >= 11 is 0. The molecule has 2 rings (SSSR count). The maximum atomic E-state index is 12.3. The second-order valence-corrected chi connectivity index (χ2v) is 7.94. The summed E-state index contributed by atoms with van der Waals surface area (Å²) in [6.07, 6.45) is -0.252. The zero-order valence-corrected chi connectivity index (χ0v) is 16.6. The minimum absolute atomic E-state index is 0.214. The van der Waals surface area contributed by atoms with Gasteiger partial charge in [0.05, 0.1) is 12.7 Å². The molecule has 0 spiro atoms. The summed E-state index contributed by atoms with van der Waals surface area (Å²) in [4.78, 5) is 28.0. The highest BCUT2D eigenvalue weighted by Gasteiger charge is 2.33. The van der Waals surface area contributed by atoms with E-state index in [1.54, 1.807) is 17.0 Å². The van der Waals surface area contributed by atoms with E-state index >= 15 is 0 Å². The van der Waals surface area contributed by atoms with E-state index in [1.807, 2.05) is 32.9 Å². The normalized spacial score (nSPS) is 21.4. The molecule has 1 aliphatic rings. The van der Waals surface area contributed by atoms with E-state index in [-0.39, 0.29) is 24.1 Å². The molecule has 0 unspecified atom stereocenters. The molecule has 0 N–H and O–H groups in total. The molecule has 26 heavy (non-hydrogen) atoms. The second-order valence-electron chi connectivity index (χ2n) is 7.94. The van der Waals surface area contributed by atoms with Gasteiger partial charge in [0.25, 0.3) is 0 Å². The molecule has 6 nitrogen and oxygen atoms in total. The Bertz CT molecular complexity index is 624. The topological polar surface area (TPSA) is 59.1 Å². The van der Waals surface area contributed by atoms with Crippen molar-refractivity contribution in [3.63, 3.8) is 0 Å². The van der Waals surface area contributed by atoms with Crippen molar-refractivity contribution in [1.29, 1.82) is 0 Å². The van der Waals surface area contributed by atoms with Gasteiger partial charge in [0, 0.05) is 31.7 Å². The second kappa shape index (κ2) is 8.08. The van der Waals surface area contributed by atoms with Crippen LogP contribution in [0.5, 0.6) is 0 Å². The Balaban J connectivity index is 2.00. The Morgan fingerprint density at radius 3 is 2.08 bits per heavy atom. The molecule has 1 aliphatic heterocycles. The van der Waals surface area contributed by atoms with Crippen LogP contribution in [-0.2, 0) is 16.0 Å². The maximum Gasteiger partial charge on any atom is 0.410 e. The summed E-state index contributed by atoms with van der Waals surface area (Å²) in [5.74, 6) is -0.329. The molecule has 0 aliphatic carbocycles. The zero-order chi connectivity index (χ0) is 19.5. The van der Waals surface area contributed by atoms with Crippen LogP contribution in [0.4, 0.5) is 4.79 Å². The van der Waals surface area contributed by atoms with Gasteiger partial charge in [-0.1, -0.05) is 12.1 Å². The highest BCUT2D eigenvalue weighted by atomic mass is 16.6. The molecule has 0 bridgehead atoms. The molecule has 0 saturated carbocycles. The van der Waals surface area contributed by atoms with E-state index in [0.29, 0.717) is 18.7 Å². The van der Waals surface area contributed by atoms with Gasteiger partial charge < -0.3 is 14.4 Å². The van der Waals surface area contributed by atoms with Gasteiger partial charge in [-0.2, -0.15) is 0 Å². The third kappa shape index (κ3) is 5.21. The van der Waals surface area contributed by atoms with Gasteiger partial charge in [-0.15, -0.1) is 0 Å². The molecule has 1 fully saturated rings. The SMILES string of the molecule is COC(=O)c1ccc(CN2[C@H](C)CN(C(=O)OC(C)(C)C)C[C@@H]2C)cc1. The lowest BCUT2D eigenvalue weighted by atomic mass is 10.1. The summed E-state index contributed by atoms with van der Waals surface area (Å²) in [6, 6.07) is 7.90. The van der Waals surface area contributed by atoms with Gasteiger partial charge in [0.2, 0.25) is 0 Å². The van der Waals surface area contributed by atoms with E-state index in [4.69, 9.17) is 9.47 Å². The van der Waals surface area contributed by atoms with Crippen LogP contribution >= 0.6 is 0 Å². The van der Waals surface area contributed by atoms with Crippen LogP contribution < -0.4 is 0 Å². The largest absolute Gasteiger partial charge is 0.465 e. The van der Waals surface area contributed by atoms with Crippen LogP contribution in [0.1, 0.15) is 50.5 Å². The number of amides is 1. The smallest absolute Gasteiger partial charge is 0.410 e. The van der Waals surface area contributed by atoms with E-state index in [2.05, 4.69) is 18.7 Å². The summed E-state index contributed by atoms with van der Waals surface area (Å²) in [5.41, 5.74) is 1.19. The van der Waals surface area contributed by atoms with Crippen molar-refractivity contribution in [2.75, 3.05) is 20.2 Å². The first-order valence-corrected chi connectivity index (χ1v) is 9.01. The van der Waals surface area contributed by atoms with Gasteiger partial charge >= 0.3 is 12.1 Å². The van der Waals surface area contributed by atoms with Crippen molar-refractivity contribution in [3.8, 4) is 0 Å². The fourth-order valence-electron chi connectivity index (χ4n) is 3.22. The first-order valence-electron chi connectivity index (χ1n) is 9.01. The van der Waals surface area contributed by atoms with E-state index in [9.17, 15) is 9.59 Å². The number of hydrogen-bond acceptors (Lipinski definition) is 5. The minimum Gasteiger partial charge on any atom is -0.465 e. The molecule has 1 heterocycles. The van der Waals surface area contributed by atoms with Crippen LogP contribution in [0.15, 0.2) is 24.3 Å². The molecule has 144 valence electrons. The Hall–Kier alpha value is -2.08. The summed E-state index contributed by atoms with van der Waals surface area (Å²) in [5, 5.41) is 0. The van der Waals surface area contributed by atoms with Crippen LogP contribution in [-0.4, -0.2) is 59.7 Å². The monoisotopic (exact) mass is 362 g/mol. The lowest BCUT2D eigenvalue weighted by molar-refractivity contribution is -0.00967. The van der Waals surface area contributed by atoms with Gasteiger partial charge in [-0.25, -0.2) is 9.59 Å². The van der Waals surface area contributed by atoms with Crippen molar-refractivity contribution >= 4 is 12.1 Å². The first-order chi connectivity index (χ1) is 12.1. The number of carbonyl (C=O) groups excluding carboxylic acids is 2. The number of esters is 1. The number of nitrogens with zero attached hydrogens (tertiary/aromatic N) is 2. The number of hydrogen-bond donors (Lipinski definition) is 0. The van der Waals surface area contributed by atoms with Gasteiger partial charge in [0.15, 0.2) is 0 Å². The zero-order valence-electron chi connectivity index (χ0n) is 16.6. The van der Waals surface area contributed by atoms with Gasteiger partial charge in [-0.3, -0.25) is 4.90 Å². The number of rotatable bonds is 3. The van der Waals surface area contributed by atoms with Crippen LogP contribution in [0.25, 0.3) is 0 Å². The average molecular weight is 362 g/mol. The predicted molar refractivity (Wildman–Crippen MR) is 100 cm³/mol. The number of piperazine rings is 1. The average Bonchev–Trinajstić information content (AvgIpc) is 2.56. The van der Waals surface area contributed by atoms with Crippen LogP contribution in [0, 0.1) is 0 Å². The summed E-state index contributed by atoms with van der Waals surface area (Å²) in [7, 11) is 1.38. The van der Waals surface area contributed by atoms with E-state index < -0.39 is 5.60 Å². The summed E-state index contributed by atoms with van der Waals surface area (Å²) in [6.45, 7) is 11.9. The van der Waals surface area contributed by atoms with E-state index in [0.717, 1.165) is 12.1 Å². The Labute approximate surface area is 156 Å². The van der Waals surface area contributed by atoms with Crippen molar-refractivity contribution in [3.05, 3.63) is 35.4 Å². The van der Waals surface area contributed by atoms with Crippen molar-refractivity contribution in [2.45, 2.75) is 58.8 Å². The molecular formula is C20H30N2O4. The number of benzene rings is 1. The molecule has 1 aromatic carbocycles.